The second kappa shape index (κ2) is 4.87. The molecule has 0 amide bonds. The number of anilines is 2. The standard InChI is InChI=1S/C12H14N4O2/c1-8-10(12(17)18-3)4-5-11(14-8)15-9-6-13-16(2)7-9/h4-7H,1-3H3,(H,14,15). The third-order valence-electron chi connectivity index (χ3n) is 2.47. The second-order valence-corrected chi connectivity index (χ2v) is 3.85. The highest BCUT2D eigenvalue weighted by atomic mass is 16.5. The topological polar surface area (TPSA) is 69.0 Å². The number of carbonyl (C=O) groups is 1. The van der Waals surface area contributed by atoms with Gasteiger partial charge in [-0.25, -0.2) is 9.78 Å². The van der Waals surface area contributed by atoms with Gasteiger partial charge < -0.3 is 10.1 Å². The Bertz CT molecular complexity index is 577. The molecule has 0 unspecified atom stereocenters. The Morgan fingerprint density at radius 3 is 2.78 bits per heavy atom. The SMILES string of the molecule is COC(=O)c1ccc(Nc2cnn(C)c2)nc1C. The van der Waals surface area contributed by atoms with Crippen molar-refractivity contribution in [3.63, 3.8) is 0 Å². The molecule has 2 rings (SSSR count). The summed E-state index contributed by atoms with van der Waals surface area (Å²) in [5.74, 6) is 0.279. The van der Waals surface area contributed by atoms with Crippen molar-refractivity contribution in [2.45, 2.75) is 6.92 Å². The van der Waals surface area contributed by atoms with Gasteiger partial charge in [0.05, 0.1) is 30.3 Å². The molecule has 0 atom stereocenters. The van der Waals surface area contributed by atoms with Crippen molar-refractivity contribution in [2.24, 2.45) is 7.05 Å². The molecular formula is C12H14N4O2. The van der Waals surface area contributed by atoms with Gasteiger partial charge in [0.15, 0.2) is 0 Å². The minimum absolute atomic E-state index is 0.382. The van der Waals surface area contributed by atoms with E-state index in [4.69, 9.17) is 0 Å². The molecule has 0 spiro atoms. The number of rotatable bonds is 3. The first-order valence-electron chi connectivity index (χ1n) is 5.42. The lowest BCUT2D eigenvalue weighted by Crippen LogP contribution is -2.06. The van der Waals surface area contributed by atoms with Crippen molar-refractivity contribution >= 4 is 17.5 Å². The maximum atomic E-state index is 11.4. The Morgan fingerprint density at radius 1 is 1.44 bits per heavy atom. The Hall–Kier alpha value is -2.37. The average molecular weight is 246 g/mol. The van der Waals surface area contributed by atoms with Crippen LogP contribution in [0.4, 0.5) is 11.5 Å². The summed E-state index contributed by atoms with van der Waals surface area (Å²) >= 11 is 0. The van der Waals surface area contributed by atoms with Gasteiger partial charge in [0.25, 0.3) is 0 Å². The maximum absolute atomic E-state index is 11.4. The number of ether oxygens (including phenoxy) is 1. The summed E-state index contributed by atoms with van der Waals surface area (Å²) in [6.45, 7) is 1.76. The van der Waals surface area contributed by atoms with Crippen molar-refractivity contribution in [3.8, 4) is 0 Å². The quantitative estimate of drug-likeness (QED) is 0.834. The lowest BCUT2D eigenvalue weighted by Gasteiger charge is -2.06. The van der Waals surface area contributed by atoms with Crippen LogP contribution in [-0.4, -0.2) is 27.8 Å². The molecular weight excluding hydrogens is 232 g/mol. The number of nitrogens with zero attached hydrogens (tertiary/aromatic N) is 3. The molecule has 0 saturated heterocycles. The average Bonchev–Trinajstić information content (AvgIpc) is 2.74. The summed E-state index contributed by atoms with van der Waals surface area (Å²) in [5, 5.41) is 7.15. The van der Waals surface area contributed by atoms with Gasteiger partial charge in [-0.05, 0) is 19.1 Å². The molecule has 0 fully saturated rings. The number of pyridine rings is 1. The molecule has 0 radical (unpaired) electrons. The lowest BCUT2D eigenvalue weighted by atomic mass is 10.2. The number of hydrogen-bond donors (Lipinski definition) is 1. The molecule has 6 heteroatoms. The van der Waals surface area contributed by atoms with Gasteiger partial charge in [-0.3, -0.25) is 4.68 Å². The van der Waals surface area contributed by atoms with E-state index < -0.39 is 0 Å². The van der Waals surface area contributed by atoms with Crippen LogP contribution >= 0.6 is 0 Å². The number of esters is 1. The molecule has 18 heavy (non-hydrogen) atoms. The Labute approximate surface area is 105 Å². The Kier molecular flexibility index (Phi) is 3.27. The van der Waals surface area contributed by atoms with Crippen LogP contribution in [0.25, 0.3) is 0 Å². The first kappa shape index (κ1) is 12.1. The van der Waals surface area contributed by atoms with E-state index in [1.165, 1.54) is 7.11 Å². The van der Waals surface area contributed by atoms with Crippen molar-refractivity contribution in [1.29, 1.82) is 0 Å². The molecule has 2 heterocycles. The minimum atomic E-state index is -0.382. The van der Waals surface area contributed by atoms with Crippen molar-refractivity contribution in [1.82, 2.24) is 14.8 Å². The van der Waals surface area contributed by atoms with E-state index in [2.05, 4.69) is 20.1 Å². The Balaban J connectivity index is 2.21. The van der Waals surface area contributed by atoms with Crippen LogP contribution in [0.3, 0.4) is 0 Å². The predicted octanol–water partition coefficient (Wildman–Crippen LogP) is 1.65. The molecule has 2 aromatic rings. The van der Waals surface area contributed by atoms with Crippen LogP contribution < -0.4 is 5.32 Å². The van der Waals surface area contributed by atoms with E-state index in [-0.39, 0.29) is 5.97 Å². The van der Waals surface area contributed by atoms with E-state index in [0.717, 1.165) is 5.69 Å². The van der Waals surface area contributed by atoms with Gasteiger partial charge in [0.2, 0.25) is 0 Å². The fourth-order valence-corrected chi connectivity index (χ4v) is 1.59. The minimum Gasteiger partial charge on any atom is -0.465 e. The molecule has 0 saturated carbocycles. The second-order valence-electron chi connectivity index (χ2n) is 3.85. The molecule has 0 aliphatic carbocycles. The van der Waals surface area contributed by atoms with Crippen molar-refractivity contribution in [3.05, 3.63) is 35.8 Å². The van der Waals surface area contributed by atoms with Crippen LogP contribution in [0, 0.1) is 6.92 Å². The molecule has 0 aromatic carbocycles. The van der Waals surface area contributed by atoms with Crippen molar-refractivity contribution in [2.75, 3.05) is 12.4 Å². The summed E-state index contributed by atoms with van der Waals surface area (Å²) in [5.41, 5.74) is 1.93. The number of hydrogen-bond acceptors (Lipinski definition) is 5. The third kappa shape index (κ3) is 2.48. The van der Waals surface area contributed by atoms with Crippen LogP contribution in [0.2, 0.25) is 0 Å². The molecule has 2 aromatic heterocycles. The first-order chi connectivity index (χ1) is 8.60. The van der Waals surface area contributed by atoms with Crippen molar-refractivity contribution < 1.29 is 9.53 Å². The summed E-state index contributed by atoms with van der Waals surface area (Å²) in [6.07, 6.45) is 3.54. The highest BCUT2D eigenvalue weighted by molar-refractivity contribution is 5.90. The number of nitrogens with one attached hydrogen (secondary N) is 1. The fourth-order valence-electron chi connectivity index (χ4n) is 1.59. The number of aryl methyl sites for hydroxylation is 2. The highest BCUT2D eigenvalue weighted by Crippen LogP contribution is 2.16. The number of aromatic nitrogens is 3. The van der Waals surface area contributed by atoms with Crippen LogP contribution in [0.5, 0.6) is 0 Å². The van der Waals surface area contributed by atoms with E-state index in [9.17, 15) is 4.79 Å². The van der Waals surface area contributed by atoms with Crippen LogP contribution in [0.1, 0.15) is 16.1 Å². The molecule has 0 bridgehead atoms. The van der Waals surface area contributed by atoms with Gasteiger partial charge in [0, 0.05) is 13.2 Å². The highest BCUT2D eigenvalue weighted by Gasteiger charge is 2.10. The zero-order valence-electron chi connectivity index (χ0n) is 10.5. The van der Waals surface area contributed by atoms with E-state index >= 15 is 0 Å². The van der Waals surface area contributed by atoms with E-state index in [0.29, 0.717) is 17.1 Å². The van der Waals surface area contributed by atoms with Gasteiger partial charge >= 0.3 is 5.97 Å². The van der Waals surface area contributed by atoms with E-state index in [1.807, 2.05) is 13.2 Å². The monoisotopic (exact) mass is 246 g/mol. The molecule has 6 nitrogen and oxygen atoms in total. The summed E-state index contributed by atoms with van der Waals surface area (Å²) in [7, 11) is 3.19. The maximum Gasteiger partial charge on any atom is 0.339 e. The Morgan fingerprint density at radius 2 is 2.22 bits per heavy atom. The van der Waals surface area contributed by atoms with E-state index in [1.54, 1.807) is 29.9 Å². The predicted molar refractivity (Wildman–Crippen MR) is 66.8 cm³/mol. The molecule has 94 valence electrons. The zero-order chi connectivity index (χ0) is 13.1. The lowest BCUT2D eigenvalue weighted by molar-refractivity contribution is 0.0599. The molecule has 0 aliphatic heterocycles. The first-order valence-corrected chi connectivity index (χ1v) is 5.42. The van der Waals surface area contributed by atoms with Gasteiger partial charge in [-0.15, -0.1) is 0 Å². The zero-order valence-corrected chi connectivity index (χ0v) is 10.5. The summed E-state index contributed by atoms with van der Waals surface area (Å²) < 4.78 is 6.36. The van der Waals surface area contributed by atoms with Crippen LogP contribution in [-0.2, 0) is 11.8 Å². The van der Waals surface area contributed by atoms with Gasteiger partial charge in [0.1, 0.15) is 5.82 Å². The third-order valence-corrected chi connectivity index (χ3v) is 2.47. The van der Waals surface area contributed by atoms with Gasteiger partial charge in [-0.1, -0.05) is 0 Å². The largest absolute Gasteiger partial charge is 0.465 e. The normalized spacial score (nSPS) is 10.2. The number of methoxy groups -OCH3 is 1. The fraction of sp³-hybridized carbons (Fsp3) is 0.250. The number of carbonyl (C=O) groups excluding carboxylic acids is 1. The van der Waals surface area contributed by atoms with Crippen LogP contribution in [0.15, 0.2) is 24.5 Å². The summed E-state index contributed by atoms with van der Waals surface area (Å²) in [4.78, 5) is 15.7. The summed E-state index contributed by atoms with van der Waals surface area (Å²) in [6, 6.07) is 3.42. The molecule has 0 aliphatic rings. The molecule has 1 N–H and O–H groups in total. The smallest absolute Gasteiger partial charge is 0.339 e. The van der Waals surface area contributed by atoms with Gasteiger partial charge in [-0.2, -0.15) is 5.10 Å².